The number of benzene rings is 5. The van der Waals surface area contributed by atoms with Gasteiger partial charge in [0.25, 0.3) is 0 Å². The maximum Gasteiger partial charge on any atom is 0.417 e. The van der Waals surface area contributed by atoms with Crippen LogP contribution in [0.4, 0.5) is 59.1 Å². The molecule has 0 unspecified atom stereocenters. The van der Waals surface area contributed by atoms with E-state index in [-0.39, 0.29) is 20.1 Å². The number of alkyl halides is 3. The van der Waals surface area contributed by atoms with E-state index in [1.165, 1.54) is 0 Å². The Hall–Kier alpha value is -5.77. The van der Waals surface area contributed by atoms with E-state index in [2.05, 4.69) is 34.1 Å². The van der Waals surface area contributed by atoms with E-state index in [4.69, 9.17) is 9.97 Å². The van der Waals surface area contributed by atoms with Crippen molar-refractivity contribution in [2.75, 3.05) is 19.6 Å². The molecule has 5 aromatic carbocycles. The number of pyridine rings is 1. The predicted molar refractivity (Wildman–Crippen MR) is 194 cm³/mol. The van der Waals surface area contributed by atoms with Gasteiger partial charge in [0.15, 0.2) is 0 Å². The fraction of sp³-hybridized carbons (Fsp3) is 0.0488. The molecule has 7 aromatic rings. The molecule has 0 amide bonds. The maximum atomic E-state index is 13.2. The molecular weight excluding hydrogens is 840 g/mol. The molecule has 0 saturated carbocycles. The van der Waals surface area contributed by atoms with Gasteiger partial charge < -0.3 is 19.6 Å². The van der Waals surface area contributed by atoms with Crippen LogP contribution >= 0.6 is 0 Å². The molecule has 2 aliphatic rings. The van der Waals surface area contributed by atoms with E-state index in [0.29, 0.717) is 17.2 Å². The quantitative estimate of drug-likeness (QED) is 0.163. The first-order valence-electron chi connectivity index (χ1n) is 16.1. The van der Waals surface area contributed by atoms with Crippen LogP contribution in [0.15, 0.2) is 140 Å². The van der Waals surface area contributed by atoms with Crippen LogP contribution in [-0.4, -0.2) is 15.0 Å². The van der Waals surface area contributed by atoms with Crippen LogP contribution < -0.4 is 19.6 Å². The molecule has 0 aliphatic carbocycles. The molecule has 0 N–H and O–H groups in total. The molecule has 0 bridgehead atoms. The summed E-state index contributed by atoms with van der Waals surface area (Å²) in [4.78, 5) is 21.4. The summed E-state index contributed by atoms with van der Waals surface area (Å²) in [7, 11) is 0. The summed E-state index contributed by atoms with van der Waals surface area (Å²) in [5.74, 6) is 2.07. The van der Waals surface area contributed by atoms with Crippen LogP contribution in [0.2, 0.25) is 0 Å². The van der Waals surface area contributed by atoms with E-state index in [9.17, 15) is 13.2 Å². The van der Waals surface area contributed by atoms with Crippen molar-refractivity contribution in [2.24, 2.45) is 0 Å². The van der Waals surface area contributed by atoms with Crippen molar-refractivity contribution in [3.8, 4) is 0 Å². The first-order valence-corrected chi connectivity index (χ1v) is 16.1. The molecule has 0 fully saturated rings. The smallest absolute Gasteiger partial charge is 0.417 e. The predicted octanol–water partition coefficient (Wildman–Crippen LogP) is 10.5. The van der Waals surface area contributed by atoms with Crippen LogP contribution in [0.3, 0.4) is 0 Å². The van der Waals surface area contributed by atoms with E-state index < -0.39 is 11.7 Å². The van der Waals surface area contributed by atoms with Crippen LogP contribution in [0.25, 0.3) is 11.0 Å². The van der Waals surface area contributed by atoms with Crippen molar-refractivity contribution in [1.82, 2.24) is 15.0 Å². The third kappa shape index (κ3) is 6.68. The van der Waals surface area contributed by atoms with E-state index in [1.54, 1.807) is 22.5 Å². The van der Waals surface area contributed by atoms with E-state index >= 15 is 0 Å². The Bertz CT molecular complexity index is 2220. The van der Waals surface area contributed by atoms with Crippen LogP contribution in [-0.2, 0) is 26.3 Å². The molecule has 9 rings (SSSR count). The second kappa shape index (κ2) is 14.5. The summed E-state index contributed by atoms with van der Waals surface area (Å²) < 4.78 is 39.6. The van der Waals surface area contributed by atoms with Gasteiger partial charge in [0, 0.05) is 37.7 Å². The zero-order chi connectivity index (χ0) is 35.0. The Labute approximate surface area is 313 Å². The number of halogens is 3. The number of fused-ring (bicyclic) bond motifs is 3. The third-order valence-electron chi connectivity index (χ3n) is 8.43. The molecule has 7 nitrogen and oxygen atoms in total. The molecule has 2 aliphatic heterocycles. The molecule has 0 saturated heterocycles. The molecule has 4 heterocycles. The Balaban J connectivity index is 0.000000159. The van der Waals surface area contributed by atoms with Gasteiger partial charge in [-0.2, -0.15) is 73.8 Å². The van der Waals surface area contributed by atoms with Gasteiger partial charge in [0.1, 0.15) is 17.5 Å². The average molecular weight is 868 g/mol. The van der Waals surface area contributed by atoms with Crippen LogP contribution in [0.5, 0.6) is 0 Å². The SMILES string of the molecule is Cc1ccccc1N1[CH-]N(c2[c-]cccc2)c2ncc(C(F)(F)F)cc21.[Ir].[c-]1ccccc1N1[CH-]N(c2ccccc2)c2nc3ccccc3nc21. The number of rotatable bonds is 4. The topological polar surface area (TPSA) is 51.6 Å². The number of aryl methyl sites for hydroxylation is 1. The zero-order valence-electron chi connectivity index (χ0n) is 27.5. The summed E-state index contributed by atoms with van der Waals surface area (Å²) in [5, 5.41) is 0. The van der Waals surface area contributed by atoms with E-state index in [1.807, 2.05) is 128 Å². The standard InChI is InChI=1S/C21H14N4.C20H14F3N3.Ir/c1-3-9-16(10-4-1)24-15-25(17-11-5-2-6-12-17)21-20(24)22-18-13-7-8-14-19(18)23-21;1-14-7-5-6-10-17(14)26-13-25(16-8-3-2-4-9-16)19-18(26)11-15(12-24-19)20(21,22)23;/h1-11,13-15H;2-8,10-13H,1H3;/q2*-2;. The van der Waals surface area contributed by atoms with Gasteiger partial charge >= 0.3 is 6.18 Å². The molecule has 2 aromatic heterocycles. The summed E-state index contributed by atoms with van der Waals surface area (Å²) in [6.45, 7) is 5.68. The molecule has 0 spiro atoms. The van der Waals surface area contributed by atoms with Crippen LogP contribution in [0.1, 0.15) is 11.1 Å². The van der Waals surface area contributed by atoms with Crippen molar-refractivity contribution in [3.63, 3.8) is 0 Å². The maximum absolute atomic E-state index is 13.2. The molecule has 11 heteroatoms. The second-order valence-corrected chi connectivity index (χ2v) is 11.8. The van der Waals surface area contributed by atoms with Crippen LogP contribution in [0, 0.1) is 32.4 Å². The molecule has 261 valence electrons. The monoisotopic (exact) mass is 868 g/mol. The first kappa shape index (κ1) is 34.7. The number of nitrogens with zero attached hydrogens (tertiary/aromatic N) is 7. The largest absolute Gasteiger partial charge is 0.478 e. The van der Waals surface area contributed by atoms with Crippen molar-refractivity contribution >= 4 is 56.9 Å². The van der Waals surface area contributed by atoms with Crippen molar-refractivity contribution in [3.05, 3.63) is 176 Å². The number of hydrogen-bond donors (Lipinski definition) is 0. The summed E-state index contributed by atoms with van der Waals surface area (Å²) in [5.41, 5.74) is 5.81. The molecule has 52 heavy (non-hydrogen) atoms. The molecular formula is C41H28F3IrN7-4. The first-order chi connectivity index (χ1) is 24.8. The minimum atomic E-state index is -4.45. The summed E-state index contributed by atoms with van der Waals surface area (Å²) >= 11 is 0. The fourth-order valence-corrected chi connectivity index (χ4v) is 5.95. The number of hydrogen-bond acceptors (Lipinski definition) is 7. The van der Waals surface area contributed by atoms with Crippen molar-refractivity contribution < 1.29 is 33.3 Å². The second-order valence-electron chi connectivity index (χ2n) is 11.8. The third-order valence-corrected chi connectivity index (χ3v) is 8.43. The Kier molecular flexibility index (Phi) is 9.64. The van der Waals surface area contributed by atoms with Crippen molar-refractivity contribution in [2.45, 2.75) is 13.1 Å². The van der Waals surface area contributed by atoms with Gasteiger partial charge in [-0.25, -0.2) is 15.0 Å². The molecule has 1 radical (unpaired) electrons. The zero-order valence-corrected chi connectivity index (χ0v) is 29.9. The summed E-state index contributed by atoms with van der Waals surface area (Å²) in [6.07, 6.45) is -3.59. The Morgan fingerprint density at radius 1 is 0.577 bits per heavy atom. The molecule has 0 atom stereocenters. The average Bonchev–Trinajstić information content (AvgIpc) is 3.73. The van der Waals surface area contributed by atoms with Crippen molar-refractivity contribution in [1.29, 1.82) is 0 Å². The number of aromatic nitrogens is 3. The Morgan fingerprint density at radius 3 is 1.71 bits per heavy atom. The number of anilines is 8. The Morgan fingerprint density at radius 2 is 1.12 bits per heavy atom. The minimum Gasteiger partial charge on any atom is -0.478 e. The minimum absolute atomic E-state index is 0. The van der Waals surface area contributed by atoms with Gasteiger partial charge in [-0.1, -0.05) is 48.5 Å². The fourth-order valence-electron chi connectivity index (χ4n) is 5.95. The summed E-state index contributed by atoms with van der Waals surface area (Å²) in [6, 6.07) is 48.3. The van der Waals surface area contributed by atoms with Gasteiger partial charge in [0.05, 0.1) is 22.3 Å². The van der Waals surface area contributed by atoms with Gasteiger partial charge in [-0.05, 0) is 48.9 Å². The van der Waals surface area contributed by atoms with Gasteiger partial charge in [-0.15, -0.1) is 24.7 Å². The normalized spacial score (nSPS) is 13.3. The van der Waals surface area contributed by atoms with Gasteiger partial charge in [-0.3, -0.25) is 0 Å². The number of para-hydroxylation sites is 6. The van der Waals surface area contributed by atoms with E-state index in [0.717, 1.165) is 57.6 Å². The van der Waals surface area contributed by atoms with Gasteiger partial charge in [0.2, 0.25) is 0 Å².